The first kappa shape index (κ1) is 12.6. The monoisotopic (exact) mass is 291 g/mol. The molecule has 7 heteroatoms. The molecule has 0 saturated carbocycles. The minimum absolute atomic E-state index is 0.00674. The molecule has 0 fully saturated rings. The molecule has 0 spiro atoms. The van der Waals surface area contributed by atoms with Crippen LogP contribution >= 0.6 is 0 Å². The van der Waals surface area contributed by atoms with E-state index in [9.17, 15) is 12.8 Å². The molecular weight excluding hydrogens is 281 g/mol. The number of aromatic nitrogens is 2. The number of benzene rings is 1. The van der Waals surface area contributed by atoms with E-state index in [1.54, 1.807) is 35.1 Å². The topological polar surface area (TPSA) is 63.5 Å². The average molecular weight is 291 g/mol. The lowest BCUT2D eigenvalue weighted by Gasteiger charge is -2.08. The molecule has 3 rings (SSSR count). The Bertz CT molecular complexity index is 857. The van der Waals surface area contributed by atoms with Gasteiger partial charge in [-0.3, -0.25) is 4.72 Å². The SMILES string of the molecule is O=S(=O)(Nc1ccn2nccc2c1)c1ccc(F)cc1. The zero-order valence-corrected chi connectivity index (χ0v) is 11.0. The van der Waals surface area contributed by atoms with E-state index in [0.29, 0.717) is 5.69 Å². The highest BCUT2D eigenvalue weighted by atomic mass is 32.2. The summed E-state index contributed by atoms with van der Waals surface area (Å²) >= 11 is 0. The predicted octanol–water partition coefficient (Wildman–Crippen LogP) is 2.27. The van der Waals surface area contributed by atoms with Gasteiger partial charge in [0, 0.05) is 12.4 Å². The maximum absolute atomic E-state index is 12.8. The standard InChI is InChI=1S/C13H10FN3O2S/c14-10-1-3-13(4-2-10)20(18,19)16-11-6-8-17-12(9-11)5-7-15-17/h1-9,16H. The van der Waals surface area contributed by atoms with Crippen LogP contribution in [-0.2, 0) is 10.0 Å². The average Bonchev–Trinajstić information content (AvgIpc) is 2.86. The maximum atomic E-state index is 12.8. The predicted molar refractivity (Wildman–Crippen MR) is 72.4 cm³/mol. The molecule has 2 aromatic heterocycles. The molecule has 0 radical (unpaired) electrons. The van der Waals surface area contributed by atoms with E-state index in [2.05, 4.69) is 9.82 Å². The van der Waals surface area contributed by atoms with Gasteiger partial charge in [-0.05, 0) is 42.5 Å². The summed E-state index contributed by atoms with van der Waals surface area (Å²) in [6, 6.07) is 9.67. The summed E-state index contributed by atoms with van der Waals surface area (Å²) in [6.45, 7) is 0. The van der Waals surface area contributed by atoms with Gasteiger partial charge in [-0.1, -0.05) is 0 Å². The van der Waals surface area contributed by atoms with Gasteiger partial charge in [0.2, 0.25) is 0 Å². The number of hydrogen-bond acceptors (Lipinski definition) is 3. The first-order chi connectivity index (χ1) is 9.54. The normalized spacial score (nSPS) is 11.7. The number of fused-ring (bicyclic) bond motifs is 1. The van der Waals surface area contributed by atoms with Crippen LogP contribution < -0.4 is 4.72 Å². The Morgan fingerprint density at radius 3 is 2.60 bits per heavy atom. The molecule has 0 aliphatic rings. The molecule has 0 unspecified atom stereocenters. The highest BCUT2D eigenvalue weighted by Crippen LogP contribution is 2.17. The van der Waals surface area contributed by atoms with E-state index >= 15 is 0 Å². The highest BCUT2D eigenvalue weighted by Gasteiger charge is 2.14. The van der Waals surface area contributed by atoms with Crippen molar-refractivity contribution in [3.63, 3.8) is 0 Å². The zero-order chi connectivity index (χ0) is 14.2. The van der Waals surface area contributed by atoms with Gasteiger partial charge in [-0.2, -0.15) is 5.10 Å². The van der Waals surface area contributed by atoms with E-state index < -0.39 is 15.8 Å². The number of hydrogen-bond donors (Lipinski definition) is 1. The first-order valence-electron chi connectivity index (χ1n) is 5.76. The Morgan fingerprint density at radius 2 is 1.85 bits per heavy atom. The third-order valence-electron chi connectivity index (χ3n) is 2.78. The van der Waals surface area contributed by atoms with Gasteiger partial charge < -0.3 is 0 Å². The fourth-order valence-corrected chi connectivity index (χ4v) is 2.86. The van der Waals surface area contributed by atoms with E-state index in [1.165, 1.54) is 12.1 Å². The number of rotatable bonds is 3. The fraction of sp³-hybridized carbons (Fsp3) is 0. The first-order valence-corrected chi connectivity index (χ1v) is 7.25. The molecular formula is C13H10FN3O2S. The molecule has 0 aliphatic heterocycles. The summed E-state index contributed by atoms with van der Waals surface area (Å²) in [5, 5.41) is 4.02. The molecule has 1 N–H and O–H groups in total. The van der Waals surface area contributed by atoms with Crippen molar-refractivity contribution in [2.75, 3.05) is 4.72 Å². The van der Waals surface area contributed by atoms with Gasteiger partial charge in [0.1, 0.15) is 5.82 Å². The van der Waals surface area contributed by atoms with Crippen LogP contribution in [0.2, 0.25) is 0 Å². The second-order valence-electron chi connectivity index (χ2n) is 4.18. The number of halogens is 1. The summed E-state index contributed by atoms with van der Waals surface area (Å²) in [5.74, 6) is -0.482. The Balaban J connectivity index is 1.94. The number of anilines is 1. The van der Waals surface area contributed by atoms with Crippen LogP contribution in [0.4, 0.5) is 10.1 Å². The molecule has 0 amide bonds. The van der Waals surface area contributed by atoms with Crippen LogP contribution in [0, 0.1) is 5.82 Å². The fourth-order valence-electron chi connectivity index (χ4n) is 1.81. The van der Waals surface area contributed by atoms with Gasteiger partial charge >= 0.3 is 0 Å². The lowest BCUT2D eigenvalue weighted by atomic mass is 10.3. The van der Waals surface area contributed by atoms with E-state index in [-0.39, 0.29) is 4.90 Å². The summed E-state index contributed by atoms with van der Waals surface area (Å²) in [5.41, 5.74) is 1.19. The quantitative estimate of drug-likeness (QED) is 0.805. The molecule has 20 heavy (non-hydrogen) atoms. The smallest absolute Gasteiger partial charge is 0.261 e. The van der Waals surface area contributed by atoms with Crippen molar-refractivity contribution in [3.05, 3.63) is 60.7 Å². The molecule has 0 bridgehead atoms. The summed E-state index contributed by atoms with van der Waals surface area (Å²) in [4.78, 5) is 0.00674. The van der Waals surface area contributed by atoms with Crippen molar-refractivity contribution >= 4 is 21.2 Å². The molecule has 102 valence electrons. The van der Waals surface area contributed by atoms with Crippen LogP contribution in [0.3, 0.4) is 0 Å². The Morgan fingerprint density at radius 1 is 1.10 bits per heavy atom. The van der Waals surface area contributed by atoms with Crippen molar-refractivity contribution in [1.82, 2.24) is 9.61 Å². The van der Waals surface area contributed by atoms with Crippen LogP contribution in [-0.4, -0.2) is 18.0 Å². The third kappa shape index (κ3) is 2.35. The number of nitrogens with one attached hydrogen (secondary N) is 1. The number of nitrogens with zero attached hydrogens (tertiary/aromatic N) is 2. The van der Waals surface area contributed by atoms with Crippen LogP contribution in [0.15, 0.2) is 59.8 Å². The van der Waals surface area contributed by atoms with Gasteiger partial charge in [-0.15, -0.1) is 0 Å². The van der Waals surface area contributed by atoms with Crippen molar-refractivity contribution in [1.29, 1.82) is 0 Å². The largest absolute Gasteiger partial charge is 0.279 e. The van der Waals surface area contributed by atoms with Crippen molar-refractivity contribution < 1.29 is 12.8 Å². The van der Waals surface area contributed by atoms with Crippen molar-refractivity contribution in [2.45, 2.75) is 4.90 Å². The number of sulfonamides is 1. The maximum Gasteiger partial charge on any atom is 0.261 e. The van der Waals surface area contributed by atoms with Crippen LogP contribution in [0.25, 0.3) is 5.52 Å². The van der Waals surface area contributed by atoms with E-state index in [0.717, 1.165) is 17.6 Å². The summed E-state index contributed by atoms with van der Waals surface area (Å²) in [7, 11) is -3.73. The minimum Gasteiger partial charge on any atom is -0.279 e. The minimum atomic E-state index is -3.73. The molecule has 2 heterocycles. The second-order valence-corrected chi connectivity index (χ2v) is 5.86. The molecule has 3 aromatic rings. The molecule has 0 saturated heterocycles. The van der Waals surface area contributed by atoms with Gasteiger partial charge in [-0.25, -0.2) is 17.3 Å². The van der Waals surface area contributed by atoms with E-state index in [4.69, 9.17) is 0 Å². The molecule has 5 nitrogen and oxygen atoms in total. The second kappa shape index (κ2) is 4.61. The summed E-state index contributed by atoms with van der Waals surface area (Å²) < 4.78 is 41.1. The van der Waals surface area contributed by atoms with Crippen molar-refractivity contribution in [2.24, 2.45) is 0 Å². The lowest BCUT2D eigenvalue weighted by Crippen LogP contribution is -2.13. The van der Waals surface area contributed by atoms with Crippen LogP contribution in [0.5, 0.6) is 0 Å². The van der Waals surface area contributed by atoms with Crippen molar-refractivity contribution in [3.8, 4) is 0 Å². The third-order valence-corrected chi connectivity index (χ3v) is 4.17. The van der Waals surface area contributed by atoms with Gasteiger partial charge in [0.05, 0.1) is 16.1 Å². The lowest BCUT2D eigenvalue weighted by molar-refractivity contribution is 0.599. The summed E-state index contributed by atoms with van der Waals surface area (Å²) in [6.07, 6.45) is 3.27. The number of pyridine rings is 1. The molecule has 1 aromatic carbocycles. The Hall–Kier alpha value is -2.41. The molecule has 0 aliphatic carbocycles. The Kier molecular flexibility index (Phi) is 2.90. The van der Waals surface area contributed by atoms with Gasteiger partial charge in [0.15, 0.2) is 0 Å². The zero-order valence-electron chi connectivity index (χ0n) is 10.2. The Labute approximate surface area is 114 Å². The highest BCUT2D eigenvalue weighted by molar-refractivity contribution is 7.92. The van der Waals surface area contributed by atoms with E-state index in [1.807, 2.05) is 0 Å². The van der Waals surface area contributed by atoms with Crippen LogP contribution in [0.1, 0.15) is 0 Å². The van der Waals surface area contributed by atoms with Gasteiger partial charge in [0.25, 0.3) is 10.0 Å². The molecule has 0 atom stereocenters.